The molecule has 162 valence electrons. The van der Waals surface area contributed by atoms with Crippen LogP contribution in [0.5, 0.6) is 0 Å². The standard InChI is InChI=1S/C29H28ClNO/c30-25-10-6-22(7-11-25)27(32)31-26-12-8-24(9-13-26)29-17-20-14-21(18-29)16-28(15-20,19-29)23-4-2-1-3-5-23/h1-13,20-21H,14-19H2,(H,31,32). The first-order valence-electron chi connectivity index (χ1n) is 11.8. The third-order valence-corrected chi connectivity index (χ3v) is 8.56. The summed E-state index contributed by atoms with van der Waals surface area (Å²) in [5, 5.41) is 3.66. The molecule has 3 aromatic carbocycles. The van der Waals surface area contributed by atoms with Gasteiger partial charge in [0.15, 0.2) is 0 Å². The number of amides is 1. The van der Waals surface area contributed by atoms with Crippen molar-refractivity contribution in [1.29, 1.82) is 0 Å². The highest BCUT2D eigenvalue weighted by Crippen LogP contribution is 2.66. The second-order valence-corrected chi connectivity index (χ2v) is 10.9. The third kappa shape index (κ3) is 3.36. The van der Waals surface area contributed by atoms with Gasteiger partial charge >= 0.3 is 0 Å². The van der Waals surface area contributed by atoms with Crippen molar-refractivity contribution in [3.63, 3.8) is 0 Å². The van der Waals surface area contributed by atoms with E-state index >= 15 is 0 Å². The Hall–Kier alpha value is -2.58. The molecule has 0 aromatic heterocycles. The quantitative estimate of drug-likeness (QED) is 0.449. The molecule has 4 saturated carbocycles. The number of hydrogen-bond acceptors (Lipinski definition) is 1. The Labute approximate surface area is 195 Å². The van der Waals surface area contributed by atoms with Crippen LogP contribution in [0.15, 0.2) is 78.9 Å². The zero-order valence-electron chi connectivity index (χ0n) is 18.2. The van der Waals surface area contributed by atoms with Crippen LogP contribution in [0.2, 0.25) is 5.02 Å². The number of nitrogens with one attached hydrogen (secondary N) is 1. The van der Waals surface area contributed by atoms with Gasteiger partial charge in [0.1, 0.15) is 0 Å². The molecular weight excluding hydrogens is 414 g/mol. The molecule has 2 atom stereocenters. The van der Waals surface area contributed by atoms with Crippen LogP contribution in [0.1, 0.15) is 60.0 Å². The van der Waals surface area contributed by atoms with Crippen molar-refractivity contribution in [2.24, 2.45) is 11.8 Å². The van der Waals surface area contributed by atoms with Crippen molar-refractivity contribution in [3.8, 4) is 0 Å². The van der Waals surface area contributed by atoms with Gasteiger partial charge in [-0.2, -0.15) is 0 Å². The molecule has 7 rings (SSSR count). The molecular formula is C29H28ClNO. The van der Waals surface area contributed by atoms with Crippen molar-refractivity contribution in [3.05, 3.63) is 101 Å². The van der Waals surface area contributed by atoms with E-state index in [2.05, 4.69) is 59.9 Å². The molecule has 4 fully saturated rings. The van der Waals surface area contributed by atoms with E-state index in [1.165, 1.54) is 44.1 Å². The average molecular weight is 442 g/mol. The molecule has 1 amide bonds. The maximum Gasteiger partial charge on any atom is 0.255 e. The number of carbonyl (C=O) groups is 1. The van der Waals surface area contributed by atoms with Crippen LogP contribution in [-0.4, -0.2) is 5.91 Å². The minimum atomic E-state index is -0.104. The van der Waals surface area contributed by atoms with Gasteiger partial charge in [0.2, 0.25) is 0 Å². The second kappa shape index (κ2) is 7.49. The molecule has 4 aliphatic carbocycles. The minimum Gasteiger partial charge on any atom is -0.322 e. The van der Waals surface area contributed by atoms with E-state index in [0.29, 0.717) is 16.0 Å². The van der Waals surface area contributed by atoms with Crippen LogP contribution in [0.25, 0.3) is 0 Å². The van der Waals surface area contributed by atoms with Crippen LogP contribution in [0, 0.1) is 11.8 Å². The van der Waals surface area contributed by atoms with E-state index in [1.807, 2.05) is 0 Å². The fourth-order valence-corrected chi connectivity index (χ4v) is 7.57. The molecule has 0 saturated heterocycles. The maximum atomic E-state index is 12.6. The largest absolute Gasteiger partial charge is 0.322 e. The Morgan fingerprint density at radius 1 is 0.750 bits per heavy atom. The molecule has 0 heterocycles. The van der Waals surface area contributed by atoms with Crippen LogP contribution in [-0.2, 0) is 10.8 Å². The molecule has 0 radical (unpaired) electrons. The summed E-state index contributed by atoms with van der Waals surface area (Å²) in [6, 6.07) is 27.0. The Kier molecular flexibility index (Phi) is 4.69. The lowest BCUT2D eigenvalue weighted by Gasteiger charge is -2.62. The Morgan fingerprint density at radius 2 is 1.31 bits per heavy atom. The fourth-order valence-electron chi connectivity index (χ4n) is 7.44. The summed E-state index contributed by atoms with van der Waals surface area (Å²) in [5.41, 5.74) is 5.08. The molecule has 3 aromatic rings. The van der Waals surface area contributed by atoms with Crippen molar-refractivity contribution >= 4 is 23.2 Å². The normalized spacial score (nSPS) is 30.3. The Morgan fingerprint density at radius 3 is 1.91 bits per heavy atom. The Balaban J connectivity index is 1.26. The minimum absolute atomic E-state index is 0.104. The molecule has 4 bridgehead atoms. The number of halogens is 1. The van der Waals surface area contributed by atoms with Crippen molar-refractivity contribution in [2.75, 3.05) is 5.32 Å². The third-order valence-electron chi connectivity index (χ3n) is 8.31. The molecule has 0 aliphatic heterocycles. The topological polar surface area (TPSA) is 29.1 Å². The van der Waals surface area contributed by atoms with Crippen molar-refractivity contribution in [1.82, 2.24) is 0 Å². The lowest BCUT2D eigenvalue weighted by atomic mass is 9.42. The molecule has 4 aliphatic rings. The number of rotatable bonds is 4. The van der Waals surface area contributed by atoms with E-state index in [4.69, 9.17) is 11.6 Å². The van der Waals surface area contributed by atoms with Crippen LogP contribution >= 0.6 is 11.6 Å². The van der Waals surface area contributed by atoms with E-state index < -0.39 is 0 Å². The maximum absolute atomic E-state index is 12.6. The van der Waals surface area contributed by atoms with E-state index in [9.17, 15) is 4.79 Å². The van der Waals surface area contributed by atoms with Crippen LogP contribution in [0.3, 0.4) is 0 Å². The van der Waals surface area contributed by atoms with Gasteiger partial charge in [0, 0.05) is 16.3 Å². The van der Waals surface area contributed by atoms with Gasteiger partial charge in [-0.15, -0.1) is 0 Å². The van der Waals surface area contributed by atoms with E-state index in [-0.39, 0.29) is 11.3 Å². The first kappa shape index (κ1) is 20.1. The van der Waals surface area contributed by atoms with Gasteiger partial charge in [-0.05, 0) is 109 Å². The number of benzene rings is 3. The van der Waals surface area contributed by atoms with Gasteiger partial charge in [-0.3, -0.25) is 4.79 Å². The van der Waals surface area contributed by atoms with Gasteiger partial charge in [-0.1, -0.05) is 54.1 Å². The zero-order chi connectivity index (χ0) is 21.8. The first-order chi connectivity index (χ1) is 15.5. The number of anilines is 1. The zero-order valence-corrected chi connectivity index (χ0v) is 18.9. The highest BCUT2D eigenvalue weighted by Gasteiger charge is 2.58. The van der Waals surface area contributed by atoms with Gasteiger partial charge in [0.25, 0.3) is 5.91 Å². The van der Waals surface area contributed by atoms with Crippen LogP contribution < -0.4 is 5.32 Å². The van der Waals surface area contributed by atoms with Crippen molar-refractivity contribution in [2.45, 2.75) is 49.4 Å². The molecule has 3 heteroatoms. The van der Waals surface area contributed by atoms with E-state index in [1.54, 1.807) is 29.8 Å². The molecule has 2 unspecified atom stereocenters. The summed E-state index contributed by atoms with van der Waals surface area (Å²) in [6.45, 7) is 0. The highest BCUT2D eigenvalue weighted by molar-refractivity contribution is 6.30. The van der Waals surface area contributed by atoms with Gasteiger partial charge in [-0.25, -0.2) is 0 Å². The lowest BCUT2D eigenvalue weighted by Crippen LogP contribution is -2.55. The predicted molar refractivity (Wildman–Crippen MR) is 130 cm³/mol. The summed E-state index contributed by atoms with van der Waals surface area (Å²) < 4.78 is 0. The summed E-state index contributed by atoms with van der Waals surface area (Å²) in [5.74, 6) is 1.56. The van der Waals surface area contributed by atoms with Crippen LogP contribution in [0.4, 0.5) is 5.69 Å². The predicted octanol–water partition coefficient (Wildman–Crippen LogP) is 7.38. The van der Waals surface area contributed by atoms with E-state index in [0.717, 1.165) is 17.5 Å². The first-order valence-corrected chi connectivity index (χ1v) is 12.1. The number of hydrogen-bond donors (Lipinski definition) is 1. The smallest absolute Gasteiger partial charge is 0.255 e. The molecule has 32 heavy (non-hydrogen) atoms. The molecule has 0 spiro atoms. The monoisotopic (exact) mass is 441 g/mol. The van der Waals surface area contributed by atoms with Gasteiger partial charge in [0.05, 0.1) is 0 Å². The highest BCUT2D eigenvalue weighted by atomic mass is 35.5. The second-order valence-electron chi connectivity index (χ2n) is 10.4. The summed E-state index contributed by atoms with van der Waals surface area (Å²) >= 11 is 5.94. The lowest BCUT2D eigenvalue weighted by molar-refractivity contribution is -0.0281. The SMILES string of the molecule is O=C(Nc1ccc(C23CC4CC(CC(c5ccccc5)(C4)C2)C3)cc1)c1ccc(Cl)cc1. The fraction of sp³-hybridized carbons (Fsp3) is 0.345. The average Bonchev–Trinajstić information content (AvgIpc) is 2.80. The molecule has 1 N–H and O–H groups in total. The van der Waals surface area contributed by atoms with Crippen molar-refractivity contribution < 1.29 is 4.79 Å². The number of carbonyl (C=O) groups excluding carboxylic acids is 1. The molecule has 2 nitrogen and oxygen atoms in total. The summed E-state index contributed by atoms with van der Waals surface area (Å²) in [7, 11) is 0. The summed E-state index contributed by atoms with van der Waals surface area (Å²) in [4.78, 5) is 12.6. The Bertz CT molecular complexity index is 1120. The van der Waals surface area contributed by atoms with Gasteiger partial charge < -0.3 is 5.32 Å². The summed E-state index contributed by atoms with van der Waals surface area (Å²) in [6.07, 6.45) is 8.00.